The molecule has 4 rings (SSSR count). The molecule has 2 aliphatic carbocycles. The quantitative estimate of drug-likeness (QED) is 0.307. The molecule has 5 N–H and O–H groups in total. The second-order valence-corrected chi connectivity index (χ2v) is 7.57. The molecule has 25 heavy (non-hydrogen) atoms. The third kappa shape index (κ3) is 2.85. The number of hydrazine groups is 1. The van der Waals surface area contributed by atoms with Crippen LogP contribution in [0.4, 0.5) is 11.5 Å². The lowest BCUT2D eigenvalue weighted by Crippen LogP contribution is -2.50. The summed E-state index contributed by atoms with van der Waals surface area (Å²) in [6.45, 7) is 0. The molecule has 4 atom stereocenters. The van der Waals surface area contributed by atoms with E-state index < -0.39 is 11.9 Å². The number of aromatic amines is 1. The smallest absolute Gasteiger partial charge is 0.333 e. The predicted octanol–water partition coefficient (Wildman–Crippen LogP) is 1.11. The summed E-state index contributed by atoms with van der Waals surface area (Å²) < 4.78 is 12.4. The highest BCUT2D eigenvalue weighted by atomic mass is 35.5. The summed E-state index contributed by atoms with van der Waals surface area (Å²) >= 11 is 12.2. The van der Waals surface area contributed by atoms with Gasteiger partial charge < -0.3 is 19.9 Å². The van der Waals surface area contributed by atoms with E-state index in [9.17, 15) is 5.11 Å². The number of aromatic nitrogens is 2. The number of hydrogen-bond acceptors (Lipinski definition) is 7. The molecule has 1 aromatic rings. The Balaban J connectivity index is 1.64. The van der Waals surface area contributed by atoms with E-state index in [1.54, 1.807) is 7.05 Å². The fourth-order valence-corrected chi connectivity index (χ4v) is 4.68. The lowest BCUT2D eigenvalue weighted by Gasteiger charge is -2.28. The molecule has 8 nitrogen and oxygen atoms in total. The van der Waals surface area contributed by atoms with Gasteiger partial charge in [-0.25, -0.2) is 9.99 Å². The van der Waals surface area contributed by atoms with Crippen LogP contribution in [0.1, 0.15) is 32.1 Å². The average molecular weight is 391 g/mol. The monoisotopic (exact) mass is 390 g/mol. The summed E-state index contributed by atoms with van der Waals surface area (Å²) in [5.74, 6) is 6.31. The molecule has 1 saturated heterocycles. The van der Waals surface area contributed by atoms with Crippen molar-refractivity contribution in [2.24, 2.45) is 5.84 Å². The zero-order chi connectivity index (χ0) is 17.8. The summed E-state index contributed by atoms with van der Waals surface area (Å²) in [4.78, 5) is 6.91. The normalized spacial score (nSPS) is 33.0. The largest absolute Gasteiger partial charge is 0.390 e. The highest BCUT2D eigenvalue weighted by Gasteiger charge is 2.60. The molecule has 1 spiro atoms. The SMILES string of the molecule is CNc1c(Cl)nc(Cl)[nH+]c1N(N)[C@@H]1C[C@H](O)[C@H]2OC3(CCCC3)O[C@H]21. The van der Waals surface area contributed by atoms with Gasteiger partial charge in [-0.15, -0.1) is 0 Å². The first-order valence-corrected chi connectivity index (χ1v) is 9.23. The number of nitrogens with two attached hydrogens (primary N) is 1. The van der Waals surface area contributed by atoms with Gasteiger partial charge in [0.2, 0.25) is 5.15 Å². The van der Waals surface area contributed by atoms with Gasteiger partial charge in [0.05, 0.1) is 6.10 Å². The van der Waals surface area contributed by atoms with Crippen LogP contribution in [-0.4, -0.2) is 47.3 Å². The van der Waals surface area contributed by atoms with Gasteiger partial charge in [0.15, 0.2) is 11.5 Å². The third-order valence-corrected chi connectivity index (χ3v) is 5.81. The Kier molecular flexibility index (Phi) is 4.46. The number of aliphatic hydroxyl groups excluding tert-OH is 1. The van der Waals surface area contributed by atoms with Gasteiger partial charge in [0.25, 0.3) is 5.82 Å². The van der Waals surface area contributed by atoms with Crippen LogP contribution in [0.5, 0.6) is 0 Å². The highest BCUT2D eigenvalue weighted by molar-refractivity contribution is 6.33. The summed E-state index contributed by atoms with van der Waals surface area (Å²) in [5.41, 5.74) is 0.529. The van der Waals surface area contributed by atoms with E-state index in [1.807, 2.05) is 0 Å². The molecule has 10 heteroatoms. The molecular formula is C15H22Cl2N5O3+. The molecule has 138 valence electrons. The van der Waals surface area contributed by atoms with Crippen molar-refractivity contribution in [1.29, 1.82) is 0 Å². The van der Waals surface area contributed by atoms with Gasteiger partial charge in [0, 0.05) is 26.3 Å². The summed E-state index contributed by atoms with van der Waals surface area (Å²) in [6.07, 6.45) is 2.94. The first-order chi connectivity index (χ1) is 11.9. The van der Waals surface area contributed by atoms with Gasteiger partial charge in [0.1, 0.15) is 18.2 Å². The number of nitrogens with zero attached hydrogens (tertiary/aromatic N) is 2. The van der Waals surface area contributed by atoms with E-state index in [0.717, 1.165) is 25.7 Å². The zero-order valence-corrected chi connectivity index (χ0v) is 15.3. The Bertz CT molecular complexity index is 673. The van der Waals surface area contributed by atoms with E-state index in [1.165, 1.54) is 5.01 Å². The van der Waals surface area contributed by atoms with Crippen LogP contribution in [0, 0.1) is 0 Å². The van der Waals surface area contributed by atoms with E-state index in [4.69, 9.17) is 38.5 Å². The molecule has 3 aliphatic rings. The van der Waals surface area contributed by atoms with Crippen molar-refractivity contribution >= 4 is 34.7 Å². The van der Waals surface area contributed by atoms with Crippen molar-refractivity contribution in [2.75, 3.05) is 17.4 Å². The number of H-pyrrole nitrogens is 1. The topological polar surface area (TPSA) is 107 Å². The molecule has 0 bridgehead atoms. The van der Waals surface area contributed by atoms with E-state index in [0.29, 0.717) is 17.9 Å². The number of fused-ring (bicyclic) bond motifs is 1. The maximum Gasteiger partial charge on any atom is 0.333 e. The van der Waals surface area contributed by atoms with Crippen molar-refractivity contribution in [3.8, 4) is 0 Å². The number of halogens is 2. The fraction of sp³-hybridized carbons (Fsp3) is 0.733. The van der Waals surface area contributed by atoms with Gasteiger partial charge >= 0.3 is 5.28 Å². The average Bonchev–Trinajstić information content (AvgIpc) is 3.25. The van der Waals surface area contributed by atoms with Gasteiger partial charge in [-0.1, -0.05) is 4.98 Å². The van der Waals surface area contributed by atoms with E-state index >= 15 is 0 Å². The molecule has 1 aromatic heterocycles. The van der Waals surface area contributed by atoms with Crippen LogP contribution in [0.3, 0.4) is 0 Å². The Labute approximate surface area is 155 Å². The lowest BCUT2D eigenvalue weighted by atomic mass is 10.2. The summed E-state index contributed by atoms with van der Waals surface area (Å²) in [5, 5.41) is 15.3. The maximum atomic E-state index is 10.5. The second kappa shape index (κ2) is 6.37. The van der Waals surface area contributed by atoms with Gasteiger partial charge in [-0.2, -0.15) is 5.84 Å². The number of nitrogens with one attached hydrogen (secondary N) is 2. The molecular weight excluding hydrogens is 369 g/mol. The van der Waals surface area contributed by atoms with Crippen molar-refractivity contribution in [3.63, 3.8) is 0 Å². The van der Waals surface area contributed by atoms with Crippen molar-refractivity contribution < 1.29 is 19.6 Å². The molecule has 0 aromatic carbocycles. The fourth-order valence-electron chi connectivity index (χ4n) is 4.20. The summed E-state index contributed by atoms with van der Waals surface area (Å²) in [6, 6.07) is -0.280. The van der Waals surface area contributed by atoms with Crippen LogP contribution in [-0.2, 0) is 9.47 Å². The highest BCUT2D eigenvalue weighted by Crippen LogP contribution is 2.48. The number of hydrogen-bond donors (Lipinski definition) is 3. The van der Waals surface area contributed by atoms with Gasteiger partial charge in [-0.3, -0.25) is 0 Å². The Morgan fingerprint density at radius 3 is 2.68 bits per heavy atom. The van der Waals surface area contributed by atoms with Crippen molar-refractivity contribution in [3.05, 3.63) is 10.4 Å². The Hall–Kier alpha value is -0.900. The minimum atomic E-state index is -0.633. The molecule has 0 unspecified atom stereocenters. The van der Waals surface area contributed by atoms with Crippen LogP contribution in [0.25, 0.3) is 0 Å². The number of rotatable bonds is 3. The number of aliphatic hydroxyl groups is 1. The molecule has 0 radical (unpaired) electrons. The Morgan fingerprint density at radius 1 is 1.32 bits per heavy atom. The molecule has 3 fully saturated rings. The minimum absolute atomic E-state index is 0.125. The maximum absolute atomic E-state index is 10.5. The number of anilines is 2. The second-order valence-electron chi connectivity index (χ2n) is 6.85. The summed E-state index contributed by atoms with van der Waals surface area (Å²) in [7, 11) is 1.72. The Morgan fingerprint density at radius 2 is 2.00 bits per heavy atom. The van der Waals surface area contributed by atoms with Crippen LogP contribution in [0.2, 0.25) is 10.4 Å². The molecule has 0 amide bonds. The van der Waals surface area contributed by atoms with Crippen molar-refractivity contribution in [2.45, 2.75) is 62.2 Å². The standard InChI is InChI=1S/C15H21Cl2N5O3/c1-19-9-12(16)20-14(17)21-13(9)22(18)7-6-8(23)11-10(7)24-15(25-11)4-2-3-5-15/h7-8,10-11,19,23H,2-6,18H2,1H3/p+1/t7-,8+,10+,11-/m1/s1. The first-order valence-electron chi connectivity index (χ1n) is 8.48. The van der Waals surface area contributed by atoms with Crippen LogP contribution >= 0.6 is 23.2 Å². The first kappa shape index (κ1) is 17.5. The number of ether oxygens (including phenoxy) is 2. The van der Waals surface area contributed by atoms with Gasteiger partial charge in [-0.05, 0) is 36.0 Å². The third-order valence-electron chi connectivity index (χ3n) is 5.36. The van der Waals surface area contributed by atoms with Crippen LogP contribution in [0.15, 0.2) is 0 Å². The van der Waals surface area contributed by atoms with Crippen LogP contribution < -0.4 is 21.2 Å². The van der Waals surface area contributed by atoms with E-state index in [-0.39, 0.29) is 28.7 Å². The lowest BCUT2D eigenvalue weighted by molar-refractivity contribution is -0.366. The van der Waals surface area contributed by atoms with Crippen molar-refractivity contribution in [1.82, 2.24) is 4.98 Å². The zero-order valence-electron chi connectivity index (χ0n) is 13.8. The molecule has 1 aliphatic heterocycles. The predicted molar refractivity (Wildman–Crippen MR) is 92.4 cm³/mol. The van der Waals surface area contributed by atoms with E-state index in [2.05, 4.69) is 15.3 Å². The molecule has 2 heterocycles. The molecule has 2 saturated carbocycles. The minimum Gasteiger partial charge on any atom is -0.390 e.